The minimum Gasteiger partial charge on any atom is -0.347 e. The van der Waals surface area contributed by atoms with Crippen molar-refractivity contribution in [3.8, 4) is 0 Å². The fourth-order valence-electron chi connectivity index (χ4n) is 1.12. The third-order valence-electron chi connectivity index (χ3n) is 2.03. The normalized spacial score (nSPS) is 10.1. The molecule has 0 atom stereocenters. The molecular formula is C9H10ClN3O4. The topological polar surface area (TPSA) is 85.4 Å². The van der Waals surface area contributed by atoms with Crippen LogP contribution in [0.4, 0.5) is 5.69 Å². The van der Waals surface area contributed by atoms with Crippen LogP contribution in [-0.4, -0.2) is 34.4 Å². The molecule has 0 saturated heterocycles. The molecule has 0 fully saturated rings. The van der Waals surface area contributed by atoms with Gasteiger partial charge in [0, 0.05) is 26.4 Å². The molecule has 0 aliphatic rings. The Morgan fingerprint density at radius 1 is 1.59 bits per heavy atom. The molecule has 17 heavy (non-hydrogen) atoms. The summed E-state index contributed by atoms with van der Waals surface area (Å²) < 4.78 is 0.919. The Balaban J connectivity index is 3.21. The monoisotopic (exact) mass is 259 g/mol. The molecule has 0 N–H and O–H groups in total. The molecule has 1 amide bonds. The van der Waals surface area contributed by atoms with Gasteiger partial charge in [0.2, 0.25) is 5.91 Å². The van der Waals surface area contributed by atoms with E-state index in [0.717, 1.165) is 10.6 Å². The van der Waals surface area contributed by atoms with Crippen LogP contribution in [0.1, 0.15) is 0 Å². The van der Waals surface area contributed by atoms with Gasteiger partial charge in [-0.2, -0.15) is 0 Å². The number of halogens is 1. The van der Waals surface area contributed by atoms with Crippen LogP contribution in [0.25, 0.3) is 0 Å². The highest BCUT2D eigenvalue weighted by Crippen LogP contribution is 2.12. The van der Waals surface area contributed by atoms with Gasteiger partial charge in [0.15, 0.2) is 0 Å². The van der Waals surface area contributed by atoms with E-state index in [2.05, 4.69) is 0 Å². The molecule has 92 valence electrons. The number of pyridine rings is 1. The quantitative estimate of drug-likeness (QED) is 0.584. The third kappa shape index (κ3) is 3.04. The molecule has 1 rings (SSSR count). The average molecular weight is 260 g/mol. The van der Waals surface area contributed by atoms with Gasteiger partial charge in [-0.3, -0.25) is 24.3 Å². The molecule has 0 bridgehead atoms. The molecular weight excluding hydrogens is 250 g/mol. The summed E-state index contributed by atoms with van der Waals surface area (Å²) in [5, 5.41) is 10.6. The molecule has 0 radical (unpaired) electrons. The van der Waals surface area contributed by atoms with Gasteiger partial charge in [0.05, 0.1) is 9.95 Å². The van der Waals surface area contributed by atoms with Gasteiger partial charge in [0.25, 0.3) is 0 Å². The van der Waals surface area contributed by atoms with Crippen LogP contribution in [0.3, 0.4) is 0 Å². The third-order valence-corrected chi connectivity index (χ3v) is 2.24. The summed E-state index contributed by atoms with van der Waals surface area (Å²) >= 11 is 5.64. The summed E-state index contributed by atoms with van der Waals surface area (Å²) in [6.45, 7) is -0.284. The number of amides is 1. The summed E-state index contributed by atoms with van der Waals surface area (Å²) in [4.78, 5) is 34.1. The lowest BCUT2D eigenvalue weighted by molar-refractivity contribution is -0.386. The van der Waals surface area contributed by atoms with E-state index in [0.29, 0.717) is 0 Å². The highest BCUT2D eigenvalue weighted by Gasteiger charge is 2.17. The van der Waals surface area contributed by atoms with Crippen molar-refractivity contribution in [1.29, 1.82) is 0 Å². The summed E-state index contributed by atoms with van der Waals surface area (Å²) in [7, 11) is 3.04. The van der Waals surface area contributed by atoms with E-state index in [1.54, 1.807) is 0 Å². The average Bonchev–Trinajstić information content (AvgIpc) is 2.22. The van der Waals surface area contributed by atoms with Gasteiger partial charge in [-0.25, -0.2) is 0 Å². The summed E-state index contributed by atoms with van der Waals surface area (Å²) in [5.74, 6) is -0.358. The Bertz CT molecular complexity index is 523. The molecule has 0 spiro atoms. The van der Waals surface area contributed by atoms with E-state index in [-0.39, 0.29) is 17.5 Å². The number of nitro groups is 1. The molecule has 8 heteroatoms. The van der Waals surface area contributed by atoms with Gasteiger partial charge < -0.3 is 4.90 Å². The minimum absolute atomic E-state index is 0.0304. The van der Waals surface area contributed by atoms with Crippen molar-refractivity contribution >= 4 is 23.2 Å². The van der Waals surface area contributed by atoms with Gasteiger partial charge in [-0.15, -0.1) is 0 Å². The first-order valence-electron chi connectivity index (χ1n) is 4.57. The summed E-state index contributed by atoms with van der Waals surface area (Å²) in [6.07, 6.45) is 1.19. The van der Waals surface area contributed by atoms with E-state index in [9.17, 15) is 19.7 Å². The van der Waals surface area contributed by atoms with Crippen molar-refractivity contribution < 1.29 is 9.72 Å². The van der Waals surface area contributed by atoms with Crippen molar-refractivity contribution in [2.24, 2.45) is 0 Å². The molecule has 0 aliphatic heterocycles. The summed E-state index contributed by atoms with van der Waals surface area (Å²) in [5.41, 5.74) is -1.50. The van der Waals surface area contributed by atoms with Crippen molar-refractivity contribution in [2.75, 3.05) is 14.1 Å². The highest BCUT2D eigenvalue weighted by molar-refractivity contribution is 6.30. The fourth-order valence-corrected chi connectivity index (χ4v) is 1.34. The van der Waals surface area contributed by atoms with Crippen LogP contribution in [0.15, 0.2) is 17.1 Å². The lowest BCUT2D eigenvalue weighted by atomic mass is 10.4. The summed E-state index contributed by atoms with van der Waals surface area (Å²) in [6, 6.07) is 0.959. The zero-order chi connectivity index (χ0) is 13.2. The predicted molar refractivity (Wildman–Crippen MR) is 61.1 cm³/mol. The lowest BCUT2D eigenvalue weighted by Crippen LogP contribution is -2.32. The molecule has 7 nitrogen and oxygen atoms in total. The van der Waals surface area contributed by atoms with Crippen LogP contribution in [0, 0.1) is 10.1 Å². The molecule has 1 heterocycles. The number of carbonyl (C=O) groups is 1. The second-order valence-electron chi connectivity index (χ2n) is 3.52. The number of nitrogens with zero attached hydrogens (tertiary/aromatic N) is 3. The second kappa shape index (κ2) is 4.96. The number of aromatic nitrogens is 1. The van der Waals surface area contributed by atoms with Gasteiger partial charge in [-0.1, -0.05) is 11.6 Å². The number of likely N-dealkylation sites (N-methyl/N-ethyl adjacent to an activating group) is 1. The molecule has 0 unspecified atom stereocenters. The maximum absolute atomic E-state index is 11.6. The van der Waals surface area contributed by atoms with Gasteiger partial charge in [-0.05, 0) is 0 Å². The van der Waals surface area contributed by atoms with E-state index in [1.165, 1.54) is 25.2 Å². The molecule has 0 saturated carbocycles. The van der Waals surface area contributed by atoms with Crippen LogP contribution in [-0.2, 0) is 11.3 Å². The Morgan fingerprint density at radius 2 is 2.18 bits per heavy atom. The van der Waals surface area contributed by atoms with Crippen molar-refractivity contribution in [1.82, 2.24) is 9.47 Å². The Morgan fingerprint density at radius 3 is 2.65 bits per heavy atom. The van der Waals surface area contributed by atoms with E-state index < -0.39 is 16.2 Å². The second-order valence-corrected chi connectivity index (χ2v) is 3.96. The number of hydrogen-bond acceptors (Lipinski definition) is 4. The lowest BCUT2D eigenvalue weighted by Gasteiger charge is -2.11. The molecule has 1 aromatic rings. The first-order valence-corrected chi connectivity index (χ1v) is 4.95. The predicted octanol–water partition coefficient (Wildman–Crippen LogP) is 0.498. The Hall–Kier alpha value is -1.89. The zero-order valence-corrected chi connectivity index (χ0v) is 9.97. The smallest absolute Gasteiger partial charge is 0.335 e. The highest BCUT2D eigenvalue weighted by atomic mass is 35.5. The van der Waals surface area contributed by atoms with Gasteiger partial charge >= 0.3 is 11.2 Å². The maximum atomic E-state index is 11.6. The van der Waals surface area contributed by atoms with Crippen molar-refractivity contribution in [3.05, 3.63) is 37.8 Å². The number of hydrogen-bond donors (Lipinski definition) is 0. The van der Waals surface area contributed by atoms with E-state index in [4.69, 9.17) is 11.6 Å². The van der Waals surface area contributed by atoms with Crippen molar-refractivity contribution in [3.63, 3.8) is 0 Å². The minimum atomic E-state index is -0.852. The SMILES string of the molecule is CN(C)C(=O)Cn1cc(Cl)cc([N+](=O)[O-])c1=O. The molecule has 1 aromatic heterocycles. The van der Waals surface area contributed by atoms with E-state index in [1.807, 2.05) is 0 Å². The van der Waals surface area contributed by atoms with E-state index >= 15 is 0 Å². The Kier molecular flexibility index (Phi) is 3.84. The Labute approximate surface area is 101 Å². The first-order chi connectivity index (χ1) is 7.82. The fraction of sp³-hybridized carbons (Fsp3) is 0.333. The van der Waals surface area contributed by atoms with Crippen LogP contribution >= 0.6 is 11.6 Å². The largest absolute Gasteiger partial charge is 0.347 e. The number of carbonyl (C=O) groups excluding carboxylic acids is 1. The van der Waals surface area contributed by atoms with Crippen LogP contribution < -0.4 is 5.56 Å². The van der Waals surface area contributed by atoms with Crippen LogP contribution in [0.2, 0.25) is 5.02 Å². The van der Waals surface area contributed by atoms with Crippen molar-refractivity contribution in [2.45, 2.75) is 6.54 Å². The first kappa shape index (κ1) is 13.2. The maximum Gasteiger partial charge on any atom is 0.335 e. The molecule has 0 aromatic carbocycles. The van der Waals surface area contributed by atoms with Crippen LogP contribution in [0.5, 0.6) is 0 Å². The zero-order valence-electron chi connectivity index (χ0n) is 9.21. The molecule has 0 aliphatic carbocycles. The van der Waals surface area contributed by atoms with Gasteiger partial charge in [0.1, 0.15) is 6.54 Å². The standard InChI is InChI=1S/C9H10ClN3O4/c1-11(2)8(14)5-12-4-6(10)3-7(9(12)15)13(16)17/h3-4H,5H2,1-2H3. The number of rotatable bonds is 3.